The van der Waals surface area contributed by atoms with E-state index in [1.54, 1.807) is 11.6 Å². The second-order valence-electron chi connectivity index (χ2n) is 2.17. The quantitative estimate of drug-likeness (QED) is 0.611. The van der Waals surface area contributed by atoms with E-state index in [0.29, 0.717) is 10.2 Å². The van der Waals surface area contributed by atoms with Gasteiger partial charge in [0.15, 0.2) is 5.82 Å². The summed E-state index contributed by atoms with van der Waals surface area (Å²) in [6.07, 6.45) is 0. The van der Waals surface area contributed by atoms with E-state index in [-0.39, 0.29) is 11.5 Å². The van der Waals surface area contributed by atoms with E-state index in [0.717, 1.165) is 0 Å². The van der Waals surface area contributed by atoms with E-state index in [4.69, 9.17) is 5.73 Å². The maximum absolute atomic E-state index is 13.1. The number of thiazole rings is 1. The normalized spacial score (nSPS) is 10.6. The zero-order valence-electron chi connectivity index (χ0n) is 5.54. The predicted octanol–water partition coefficient (Wildman–Crippen LogP) is 2.02. The first-order valence-electron chi connectivity index (χ1n) is 3.06. The van der Waals surface area contributed by atoms with Crippen LogP contribution in [0.4, 0.5) is 10.1 Å². The molecule has 0 amide bonds. The number of hydrogen-bond acceptors (Lipinski definition) is 3. The molecular weight excluding hydrogens is 163 g/mol. The second-order valence-corrected chi connectivity index (χ2v) is 3.02. The van der Waals surface area contributed by atoms with Crippen molar-refractivity contribution in [3.05, 3.63) is 23.5 Å². The van der Waals surface area contributed by atoms with Crippen LogP contribution in [-0.4, -0.2) is 4.98 Å². The van der Waals surface area contributed by atoms with Crippen LogP contribution in [0.5, 0.6) is 0 Å². The Morgan fingerprint density at radius 2 is 2.27 bits per heavy atom. The SMILES string of the molecule is Nc1ccc2ncsc2c1F. The summed E-state index contributed by atoms with van der Waals surface area (Å²) >= 11 is 1.26. The van der Waals surface area contributed by atoms with Gasteiger partial charge in [0, 0.05) is 0 Å². The van der Waals surface area contributed by atoms with Crippen molar-refractivity contribution in [1.82, 2.24) is 4.98 Å². The van der Waals surface area contributed by atoms with Gasteiger partial charge in [-0.05, 0) is 12.1 Å². The Morgan fingerprint density at radius 1 is 1.45 bits per heavy atom. The van der Waals surface area contributed by atoms with Crippen molar-refractivity contribution in [3.8, 4) is 0 Å². The van der Waals surface area contributed by atoms with E-state index in [9.17, 15) is 4.39 Å². The molecule has 56 valence electrons. The fourth-order valence-corrected chi connectivity index (χ4v) is 1.65. The molecule has 0 saturated carbocycles. The molecule has 0 spiro atoms. The largest absolute Gasteiger partial charge is 0.396 e. The molecule has 1 aromatic carbocycles. The molecule has 0 radical (unpaired) electrons. The Balaban J connectivity index is 2.93. The smallest absolute Gasteiger partial charge is 0.165 e. The van der Waals surface area contributed by atoms with Gasteiger partial charge in [-0.25, -0.2) is 9.37 Å². The lowest BCUT2D eigenvalue weighted by Crippen LogP contribution is -1.88. The topological polar surface area (TPSA) is 38.9 Å². The summed E-state index contributed by atoms with van der Waals surface area (Å²) in [6.45, 7) is 0. The van der Waals surface area contributed by atoms with Gasteiger partial charge >= 0.3 is 0 Å². The molecule has 2 N–H and O–H groups in total. The summed E-state index contributed by atoms with van der Waals surface area (Å²) in [4.78, 5) is 3.94. The highest BCUT2D eigenvalue weighted by Crippen LogP contribution is 2.24. The van der Waals surface area contributed by atoms with E-state index in [2.05, 4.69) is 4.98 Å². The maximum Gasteiger partial charge on any atom is 0.165 e. The van der Waals surface area contributed by atoms with Crippen molar-refractivity contribution in [3.63, 3.8) is 0 Å². The first-order chi connectivity index (χ1) is 5.29. The number of fused-ring (bicyclic) bond motifs is 1. The number of anilines is 1. The third-order valence-electron chi connectivity index (χ3n) is 1.47. The van der Waals surface area contributed by atoms with Gasteiger partial charge in [0.2, 0.25) is 0 Å². The van der Waals surface area contributed by atoms with Crippen LogP contribution in [-0.2, 0) is 0 Å². The van der Waals surface area contributed by atoms with Crippen molar-refractivity contribution >= 4 is 27.2 Å². The summed E-state index contributed by atoms with van der Waals surface area (Å²) in [5.41, 5.74) is 7.80. The predicted molar refractivity (Wildman–Crippen MR) is 44.0 cm³/mol. The van der Waals surface area contributed by atoms with Gasteiger partial charge in [-0.2, -0.15) is 0 Å². The first kappa shape index (κ1) is 6.54. The van der Waals surface area contributed by atoms with E-state index in [1.807, 2.05) is 0 Å². The average Bonchev–Trinajstić information content (AvgIpc) is 2.45. The lowest BCUT2D eigenvalue weighted by Gasteiger charge is -1.94. The van der Waals surface area contributed by atoms with Crippen molar-refractivity contribution in [1.29, 1.82) is 0 Å². The van der Waals surface area contributed by atoms with Crippen LogP contribution in [0.2, 0.25) is 0 Å². The highest BCUT2D eigenvalue weighted by molar-refractivity contribution is 7.16. The Labute approximate surface area is 66.5 Å². The Kier molecular flexibility index (Phi) is 1.29. The fourth-order valence-electron chi connectivity index (χ4n) is 0.911. The lowest BCUT2D eigenvalue weighted by molar-refractivity contribution is 0.646. The van der Waals surface area contributed by atoms with E-state index < -0.39 is 0 Å². The van der Waals surface area contributed by atoms with Crippen LogP contribution in [0, 0.1) is 5.82 Å². The molecule has 0 aliphatic rings. The van der Waals surface area contributed by atoms with Gasteiger partial charge in [-0.1, -0.05) is 0 Å². The van der Waals surface area contributed by atoms with Gasteiger partial charge in [0.05, 0.1) is 21.4 Å². The molecule has 2 rings (SSSR count). The van der Waals surface area contributed by atoms with Gasteiger partial charge < -0.3 is 5.73 Å². The van der Waals surface area contributed by atoms with Gasteiger partial charge in [-0.15, -0.1) is 11.3 Å². The molecule has 2 aromatic rings. The minimum Gasteiger partial charge on any atom is -0.396 e. The first-order valence-corrected chi connectivity index (χ1v) is 3.94. The number of halogens is 1. The number of aromatic nitrogens is 1. The molecule has 0 aliphatic heterocycles. The Hall–Kier alpha value is -1.16. The highest BCUT2D eigenvalue weighted by Gasteiger charge is 2.05. The molecule has 0 unspecified atom stereocenters. The summed E-state index contributed by atoms with van der Waals surface area (Å²) in [5.74, 6) is -0.356. The molecule has 0 saturated heterocycles. The minimum absolute atomic E-state index is 0.182. The van der Waals surface area contributed by atoms with Crippen LogP contribution in [0.1, 0.15) is 0 Å². The molecule has 11 heavy (non-hydrogen) atoms. The number of benzene rings is 1. The standard InChI is InChI=1S/C7H5FN2S/c8-6-4(9)1-2-5-7(6)11-3-10-5/h1-3H,9H2. The lowest BCUT2D eigenvalue weighted by atomic mass is 10.3. The fraction of sp³-hybridized carbons (Fsp3) is 0. The highest BCUT2D eigenvalue weighted by atomic mass is 32.1. The third-order valence-corrected chi connectivity index (χ3v) is 2.30. The van der Waals surface area contributed by atoms with Crippen LogP contribution in [0.15, 0.2) is 17.6 Å². The number of nitrogens with zero attached hydrogens (tertiary/aromatic N) is 1. The van der Waals surface area contributed by atoms with Crippen molar-refractivity contribution in [2.75, 3.05) is 5.73 Å². The monoisotopic (exact) mass is 168 g/mol. The van der Waals surface area contributed by atoms with Gasteiger partial charge in [0.25, 0.3) is 0 Å². The van der Waals surface area contributed by atoms with E-state index in [1.165, 1.54) is 17.4 Å². The second kappa shape index (κ2) is 2.17. The number of hydrogen-bond donors (Lipinski definition) is 1. The molecule has 0 bridgehead atoms. The zero-order valence-corrected chi connectivity index (χ0v) is 6.36. The van der Waals surface area contributed by atoms with Crippen LogP contribution in [0.3, 0.4) is 0 Å². The van der Waals surface area contributed by atoms with Crippen molar-refractivity contribution < 1.29 is 4.39 Å². The molecule has 0 atom stereocenters. The summed E-state index contributed by atoms with van der Waals surface area (Å²) in [6, 6.07) is 3.24. The number of rotatable bonds is 0. The molecule has 2 nitrogen and oxygen atoms in total. The number of nitrogen functional groups attached to an aromatic ring is 1. The van der Waals surface area contributed by atoms with Crippen LogP contribution < -0.4 is 5.73 Å². The molecular formula is C7H5FN2S. The minimum atomic E-state index is -0.356. The van der Waals surface area contributed by atoms with Crippen molar-refractivity contribution in [2.45, 2.75) is 0 Å². The molecule has 1 aromatic heterocycles. The molecule has 4 heteroatoms. The molecule has 0 aliphatic carbocycles. The van der Waals surface area contributed by atoms with Crippen molar-refractivity contribution in [2.24, 2.45) is 0 Å². The third kappa shape index (κ3) is 0.867. The average molecular weight is 168 g/mol. The van der Waals surface area contributed by atoms with Gasteiger partial charge in [0.1, 0.15) is 0 Å². The zero-order chi connectivity index (χ0) is 7.84. The Bertz CT molecular complexity index is 396. The summed E-state index contributed by atoms with van der Waals surface area (Å²) < 4.78 is 13.6. The summed E-state index contributed by atoms with van der Waals surface area (Å²) in [5, 5.41) is 0. The molecule has 1 heterocycles. The maximum atomic E-state index is 13.1. The summed E-state index contributed by atoms with van der Waals surface area (Å²) in [7, 11) is 0. The van der Waals surface area contributed by atoms with E-state index >= 15 is 0 Å². The Morgan fingerprint density at radius 3 is 3.09 bits per heavy atom. The van der Waals surface area contributed by atoms with Crippen LogP contribution >= 0.6 is 11.3 Å². The number of nitrogens with two attached hydrogens (primary N) is 1. The molecule has 0 fully saturated rings. The van der Waals surface area contributed by atoms with Gasteiger partial charge in [-0.3, -0.25) is 0 Å². The van der Waals surface area contributed by atoms with Crippen LogP contribution in [0.25, 0.3) is 10.2 Å².